The third-order valence-corrected chi connectivity index (χ3v) is 16.0. The summed E-state index contributed by atoms with van der Waals surface area (Å²) in [6.45, 7) is 17.2. The highest BCUT2D eigenvalue weighted by atomic mass is 16.5. The fourth-order valence-corrected chi connectivity index (χ4v) is 12.6. The molecular formula is C51H93NO2. The van der Waals surface area contributed by atoms with Gasteiger partial charge in [0.05, 0.1) is 0 Å². The van der Waals surface area contributed by atoms with E-state index in [1.54, 1.807) is 5.57 Å². The summed E-state index contributed by atoms with van der Waals surface area (Å²) in [5.74, 6) is 5.30. The zero-order valence-electron chi connectivity index (χ0n) is 37.3. The Balaban J connectivity index is 0.991. The molecule has 0 spiro atoms. The predicted octanol–water partition coefficient (Wildman–Crippen LogP) is 15.4. The fraction of sp³-hybridized carbons (Fsp3) is 0.941. The van der Waals surface area contributed by atoms with Crippen molar-refractivity contribution in [1.29, 1.82) is 0 Å². The van der Waals surface area contributed by atoms with Crippen LogP contribution in [0.2, 0.25) is 0 Å². The molecule has 0 aromatic rings. The quantitative estimate of drug-likeness (QED) is 0.0470. The minimum atomic E-state index is 0.0481. The summed E-state index contributed by atoms with van der Waals surface area (Å²) in [5, 5.41) is 3.65. The topological polar surface area (TPSA) is 38.3 Å². The lowest BCUT2D eigenvalue weighted by Gasteiger charge is -2.58. The minimum Gasteiger partial charge on any atom is -0.462 e. The molecule has 0 saturated heterocycles. The molecule has 1 N–H and O–H groups in total. The summed E-state index contributed by atoms with van der Waals surface area (Å²) in [4.78, 5) is 12.9. The SMILES string of the molecule is CCCCCCCCCCCCCCCCCCNCCCCCC(=O)OC1CCC2(C)C(=CCC3C2CCC2(C)C(C(C)CCCC(C)C)CCC32)C1. The second-order valence-electron chi connectivity index (χ2n) is 20.5. The smallest absolute Gasteiger partial charge is 0.306 e. The van der Waals surface area contributed by atoms with Crippen LogP contribution in [0, 0.1) is 46.3 Å². The minimum absolute atomic E-state index is 0.0481. The van der Waals surface area contributed by atoms with E-state index in [2.05, 4.69) is 52.9 Å². The lowest BCUT2D eigenvalue weighted by Crippen LogP contribution is -2.51. The molecule has 3 fully saturated rings. The van der Waals surface area contributed by atoms with Gasteiger partial charge in [0.25, 0.3) is 0 Å². The van der Waals surface area contributed by atoms with Crippen LogP contribution in [0.1, 0.15) is 241 Å². The number of esters is 1. The van der Waals surface area contributed by atoms with Crippen molar-refractivity contribution in [2.45, 2.75) is 247 Å². The van der Waals surface area contributed by atoms with Crippen molar-refractivity contribution in [2.24, 2.45) is 46.3 Å². The van der Waals surface area contributed by atoms with E-state index < -0.39 is 0 Å². The van der Waals surface area contributed by atoms with Crippen molar-refractivity contribution in [2.75, 3.05) is 13.1 Å². The maximum Gasteiger partial charge on any atom is 0.306 e. The van der Waals surface area contributed by atoms with E-state index in [9.17, 15) is 4.79 Å². The molecule has 4 aliphatic rings. The molecule has 0 bridgehead atoms. The van der Waals surface area contributed by atoms with E-state index in [1.165, 1.54) is 167 Å². The summed E-state index contributed by atoms with van der Waals surface area (Å²) in [6, 6.07) is 0. The Morgan fingerprint density at radius 1 is 0.704 bits per heavy atom. The zero-order valence-corrected chi connectivity index (χ0v) is 37.3. The Hall–Kier alpha value is -0.830. The van der Waals surface area contributed by atoms with Crippen LogP contribution in [0.4, 0.5) is 0 Å². The van der Waals surface area contributed by atoms with Crippen molar-refractivity contribution in [3.63, 3.8) is 0 Å². The molecule has 3 heteroatoms. The Labute approximate surface area is 337 Å². The molecular weight excluding hydrogens is 659 g/mol. The number of carbonyl (C=O) groups excluding carboxylic acids is 1. The number of rotatable bonds is 29. The van der Waals surface area contributed by atoms with E-state index in [0.717, 1.165) is 74.3 Å². The second-order valence-corrected chi connectivity index (χ2v) is 20.5. The van der Waals surface area contributed by atoms with Gasteiger partial charge in [-0.1, -0.05) is 175 Å². The van der Waals surface area contributed by atoms with E-state index in [1.807, 2.05) is 0 Å². The van der Waals surface area contributed by atoms with Crippen molar-refractivity contribution in [3.05, 3.63) is 11.6 Å². The molecule has 314 valence electrons. The Morgan fingerprint density at radius 2 is 1.30 bits per heavy atom. The van der Waals surface area contributed by atoms with Crippen LogP contribution in [0.15, 0.2) is 11.6 Å². The number of fused-ring (bicyclic) bond motifs is 5. The third-order valence-electron chi connectivity index (χ3n) is 16.0. The summed E-state index contributed by atoms with van der Waals surface area (Å²) < 4.78 is 6.15. The molecule has 3 nitrogen and oxygen atoms in total. The average molecular weight is 752 g/mol. The van der Waals surface area contributed by atoms with Gasteiger partial charge in [-0.05, 0) is 124 Å². The molecule has 0 aromatic carbocycles. The number of ether oxygens (including phenoxy) is 1. The van der Waals surface area contributed by atoms with Crippen LogP contribution >= 0.6 is 0 Å². The number of allylic oxidation sites excluding steroid dienone is 1. The van der Waals surface area contributed by atoms with Crippen molar-refractivity contribution >= 4 is 5.97 Å². The van der Waals surface area contributed by atoms with Crippen LogP contribution < -0.4 is 5.32 Å². The molecule has 3 saturated carbocycles. The average Bonchev–Trinajstić information content (AvgIpc) is 3.51. The van der Waals surface area contributed by atoms with Gasteiger partial charge in [0.2, 0.25) is 0 Å². The number of hydrogen-bond donors (Lipinski definition) is 1. The largest absolute Gasteiger partial charge is 0.462 e. The Morgan fingerprint density at radius 3 is 1.91 bits per heavy atom. The number of nitrogens with one attached hydrogen (secondary N) is 1. The van der Waals surface area contributed by atoms with E-state index >= 15 is 0 Å². The molecule has 4 rings (SSSR count). The maximum absolute atomic E-state index is 12.9. The molecule has 0 aromatic heterocycles. The fourth-order valence-electron chi connectivity index (χ4n) is 12.6. The van der Waals surface area contributed by atoms with Crippen molar-refractivity contribution < 1.29 is 9.53 Å². The lowest BCUT2D eigenvalue weighted by molar-refractivity contribution is -0.151. The normalized spacial score (nSPS) is 29.8. The highest BCUT2D eigenvalue weighted by molar-refractivity contribution is 5.69. The first-order valence-electron chi connectivity index (χ1n) is 24.8. The lowest BCUT2D eigenvalue weighted by atomic mass is 9.47. The van der Waals surface area contributed by atoms with Crippen molar-refractivity contribution in [3.8, 4) is 0 Å². The van der Waals surface area contributed by atoms with Gasteiger partial charge in [-0.2, -0.15) is 0 Å². The van der Waals surface area contributed by atoms with Crippen LogP contribution in [0.25, 0.3) is 0 Å². The first-order chi connectivity index (χ1) is 26.2. The van der Waals surface area contributed by atoms with Crippen molar-refractivity contribution in [1.82, 2.24) is 5.32 Å². The highest BCUT2D eigenvalue weighted by Crippen LogP contribution is 2.67. The molecule has 0 aliphatic heterocycles. The zero-order chi connectivity index (χ0) is 38.7. The van der Waals surface area contributed by atoms with Gasteiger partial charge in [-0.3, -0.25) is 4.79 Å². The Kier molecular flexibility index (Phi) is 21.1. The van der Waals surface area contributed by atoms with Crippen LogP contribution in [-0.4, -0.2) is 25.2 Å². The molecule has 8 unspecified atom stereocenters. The van der Waals surface area contributed by atoms with Gasteiger partial charge in [-0.15, -0.1) is 0 Å². The second kappa shape index (κ2) is 24.8. The summed E-state index contributed by atoms with van der Waals surface area (Å²) in [5.41, 5.74) is 2.52. The van der Waals surface area contributed by atoms with Gasteiger partial charge in [-0.25, -0.2) is 0 Å². The van der Waals surface area contributed by atoms with Crippen LogP contribution in [0.5, 0.6) is 0 Å². The molecule has 0 amide bonds. The third kappa shape index (κ3) is 14.2. The van der Waals surface area contributed by atoms with Gasteiger partial charge >= 0.3 is 5.97 Å². The van der Waals surface area contributed by atoms with Gasteiger partial charge in [0.1, 0.15) is 6.10 Å². The first kappa shape index (κ1) is 45.9. The monoisotopic (exact) mass is 752 g/mol. The number of hydrogen-bond acceptors (Lipinski definition) is 3. The van der Waals surface area contributed by atoms with E-state index in [4.69, 9.17) is 4.74 Å². The number of unbranched alkanes of at least 4 members (excludes halogenated alkanes) is 17. The standard InChI is InChI=1S/C51H93NO2/c1-7-8-9-10-11-12-13-14-15-16-17-18-19-20-21-24-38-52-39-25-22-23-29-49(53)54-44-34-36-50(5)43(40-44)30-31-45-47-33-32-46(42(4)28-26-27-41(2)3)51(47,6)37-35-48(45)50/h30,41-42,44-48,52H,7-29,31-40H2,1-6H3. The maximum atomic E-state index is 12.9. The summed E-state index contributed by atoms with van der Waals surface area (Å²) >= 11 is 0. The Bertz CT molecular complexity index is 1050. The summed E-state index contributed by atoms with van der Waals surface area (Å²) in [7, 11) is 0. The van der Waals surface area contributed by atoms with Gasteiger partial charge in [0, 0.05) is 12.8 Å². The van der Waals surface area contributed by atoms with E-state index in [0.29, 0.717) is 17.3 Å². The molecule has 4 aliphatic carbocycles. The molecule has 0 radical (unpaired) electrons. The van der Waals surface area contributed by atoms with Gasteiger partial charge in [0.15, 0.2) is 0 Å². The number of carbonyl (C=O) groups is 1. The van der Waals surface area contributed by atoms with Gasteiger partial charge < -0.3 is 10.1 Å². The predicted molar refractivity (Wildman–Crippen MR) is 234 cm³/mol. The first-order valence-corrected chi connectivity index (χ1v) is 24.8. The molecule has 8 atom stereocenters. The highest BCUT2D eigenvalue weighted by Gasteiger charge is 2.59. The molecule has 0 heterocycles. The van der Waals surface area contributed by atoms with E-state index in [-0.39, 0.29) is 12.1 Å². The van der Waals surface area contributed by atoms with Crippen LogP contribution in [-0.2, 0) is 9.53 Å². The van der Waals surface area contributed by atoms with Crippen LogP contribution in [0.3, 0.4) is 0 Å². The molecule has 54 heavy (non-hydrogen) atoms. The summed E-state index contributed by atoms with van der Waals surface area (Å²) in [6.07, 6.45) is 44.0.